The van der Waals surface area contributed by atoms with Crippen molar-refractivity contribution in [3.05, 3.63) is 29.3 Å². The maximum atomic E-state index is 12.7. The summed E-state index contributed by atoms with van der Waals surface area (Å²) >= 11 is 0. The molecule has 1 aromatic carbocycles. The number of carbonyl (C=O) groups excluding carboxylic acids is 1. The van der Waals surface area contributed by atoms with Crippen LogP contribution in [0.15, 0.2) is 18.2 Å². The van der Waals surface area contributed by atoms with Gasteiger partial charge in [0.1, 0.15) is 11.9 Å². The average molecular weight is 334 g/mol. The Morgan fingerprint density at radius 3 is 2.75 bits per heavy atom. The summed E-state index contributed by atoms with van der Waals surface area (Å²) in [6, 6.07) is 4.72. The Bertz CT molecular complexity index is 622. The molecule has 2 saturated heterocycles. The fourth-order valence-corrected chi connectivity index (χ4v) is 3.84. The lowest BCUT2D eigenvalue weighted by atomic mass is 9.73. The zero-order chi connectivity index (χ0) is 17.4. The van der Waals surface area contributed by atoms with Gasteiger partial charge in [-0.05, 0) is 63.9 Å². The number of hydrogen-bond donors (Lipinski definition) is 4. The van der Waals surface area contributed by atoms with Gasteiger partial charge < -0.3 is 25.6 Å². The van der Waals surface area contributed by atoms with E-state index in [4.69, 9.17) is 4.74 Å². The molecule has 3 rings (SSSR count). The number of aromatic hydroxyl groups is 1. The molecule has 6 nitrogen and oxygen atoms in total. The lowest BCUT2D eigenvalue weighted by Gasteiger charge is -2.52. The minimum absolute atomic E-state index is 0.0539. The van der Waals surface area contributed by atoms with Crippen molar-refractivity contribution < 1.29 is 19.7 Å². The van der Waals surface area contributed by atoms with Crippen LogP contribution in [0.4, 0.5) is 0 Å². The highest BCUT2D eigenvalue weighted by Crippen LogP contribution is 2.38. The van der Waals surface area contributed by atoms with Crippen LogP contribution in [0, 0.1) is 6.92 Å². The van der Waals surface area contributed by atoms with Crippen molar-refractivity contribution in [1.82, 2.24) is 10.6 Å². The molecule has 24 heavy (non-hydrogen) atoms. The number of piperidine rings is 1. The Hall–Kier alpha value is -1.63. The van der Waals surface area contributed by atoms with Gasteiger partial charge in [-0.25, -0.2) is 0 Å². The lowest BCUT2D eigenvalue weighted by Crippen LogP contribution is -2.69. The zero-order valence-electron chi connectivity index (χ0n) is 14.3. The van der Waals surface area contributed by atoms with Crippen molar-refractivity contribution in [3.63, 3.8) is 0 Å². The van der Waals surface area contributed by atoms with Crippen LogP contribution >= 0.6 is 0 Å². The standard InChI is InChI=1S/C18H26N2O4/c1-12-3-4-13(21)11-14(12)15(22)20-17(2)7-10-24-18(16(17)23)5-8-19-9-6-18/h3-4,11,16,19,21,23H,5-10H2,1-2H3,(H,20,22)/t16?,17-/m1/s1. The van der Waals surface area contributed by atoms with Crippen LogP contribution in [0.2, 0.25) is 0 Å². The van der Waals surface area contributed by atoms with Gasteiger partial charge in [0, 0.05) is 12.2 Å². The average Bonchev–Trinajstić information content (AvgIpc) is 2.56. The van der Waals surface area contributed by atoms with Gasteiger partial charge in [-0.1, -0.05) is 6.07 Å². The number of aryl methyl sites for hydroxylation is 1. The molecule has 2 aliphatic heterocycles. The SMILES string of the molecule is Cc1ccc(O)cc1C(=O)N[C@]1(C)CCOC2(CCNCC2)C1O. The first kappa shape index (κ1) is 17.2. The summed E-state index contributed by atoms with van der Waals surface area (Å²) in [7, 11) is 0. The highest BCUT2D eigenvalue weighted by molar-refractivity contribution is 5.96. The molecule has 0 aliphatic carbocycles. The number of benzene rings is 1. The summed E-state index contributed by atoms with van der Waals surface area (Å²) in [5, 5.41) is 26.9. The Labute approximate surface area is 142 Å². The first-order chi connectivity index (χ1) is 11.4. The molecule has 1 spiro atoms. The predicted octanol–water partition coefficient (Wildman–Crippen LogP) is 1.09. The number of aliphatic hydroxyl groups is 1. The number of ether oxygens (including phenoxy) is 1. The smallest absolute Gasteiger partial charge is 0.252 e. The minimum atomic E-state index is -0.776. The molecule has 1 unspecified atom stereocenters. The Morgan fingerprint density at radius 2 is 2.04 bits per heavy atom. The van der Waals surface area contributed by atoms with Crippen molar-refractivity contribution in [2.75, 3.05) is 19.7 Å². The van der Waals surface area contributed by atoms with Crippen molar-refractivity contribution >= 4 is 5.91 Å². The summed E-state index contributed by atoms with van der Waals surface area (Å²) in [5.74, 6) is -0.228. The minimum Gasteiger partial charge on any atom is -0.508 e. The normalized spacial score (nSPS) is 29.4. The van der Waals surface area contributed by atoms with Crippen molar-refractivity contribution in [2.45, 2.75) is 50.4 Å². The fraction of sp³-hybridized carbons (Fsp3) is 0.611. The first-order valence-electron chi connectivity index (χ1n) is 8.51. The van der Waals surface area contributed by atoms with Crippen LogP contribution in [0.3, 0.4) is 0 Å². The third kappa shape index (κ3) is 3.01. The van der Waals surface area contributed by atoms with Crippen molar-refractivity contribution in [2.24, 2.45) is 0 Å². The monoisotopic (exact) mass is 334 g/mol. The second kappa shape index (κ2) is 6.35. The molecule has 1 aromatic rings. The molecule has 132 valence electrons. The number of aliphatic hydroxyl groups excluding tert-OH is 1. The molecule has 2 aliphatic rings. The van der Waals surface area contributed by atoms with Crippen LogP contribution in [-0.4, -0.2) is 53.1 Å². The van der Waals surface area contributed by atoms with Crippen molar-refractivity contribution in [3.8, 4) is 5.75 Å². The Morgan fingerprint density at radius 1 is 1.33 bits per heavy atom. The van der Waals surface area contributed by atoms with E-state index in [9.17, 15) is 15.0 Å². The molecule has 0 saturated carbocycles. The molecule has 6 heteroatoms. The highest BCUT2D eigenvalue weighted by Gasteiger charge is 2.53. The molecular formula is C18H26N2O4. The Kier molecular flexibility index (Phi) is 4.55. The van der Waals surface area contributed by atoms with Crippen LogP contribution < -0.4 is 10.6 Å². The third-order valence-electron chi connectivity index (χ3n) is 5.43. The first-order valence-corrected chi connectivity index (χ1v) is 8.51. The number of amides is 1. The zero-order valence-corrected chi connectivity index (χ0v) is 14.3. The van der Waals surface area contributed by atoms with E-state index in [2.05, 4.69) is 10.6 Å². The highest BCUT2D eigenvalue weighted by atomic mass is 16.5. The van der Waals surface area contributed by atoms with E-state index >= 15 is 0 Å². The Balaban J connectivity index is 1.82. The van der Waals surface area contributed by atoms with Gasteiger partial charge in [-0.2, -0.15) is 0 Å². The van der Waals surface area contributed by atoms with Gasteiger partial charge in [0.25, 0.3) is 5.91 Å². The topological polar surface area (TPSA) is 90.8 Å². The van der Waals surface area contributed by atoms with Gasteiger partial charge in [0.2, 0.25) is 0 Å². The van der Waals surface area contributed by atoms with Crippen LogP contribution in [-0.2, 0) is 4.74 Å². The number of nitrogens with one attached hydrogen (secondary N) is 2. The quantitative estimate of drug-likeness (QED) is 0.650. The van der Waals surface area contributed by atoms with E-state index in [1.807, 2.05) is 13.8 Å². The summed E-state index contributed by atoms with van der Waals surface area (Å²) in [6.45, 7) is 5.80. The molecule has 0 aromatic heterocycles. The van der Waals surface area contributed by atoms with Gasteiger partial charge in [0.15, 0.2) is 0 Å². The molecule has 2 fully saturated rings. The van der Waals surface area contributed by atoms with Crippen LogP contribution in [0.1, 0.15) is 42.1 Å². The van der Waals surface area contributed by atoms with E-state index < -0.39 is 17.2 Å². The molecule has 2 atom stereocenters. The summed E-state index contributed by atoms with van der Waals surface area (Å²) in [6.07, 6.45) is 1.23. The maximum Gasteiger partial charge on any atom is 0.252 e. The molecule has 0 bridgehead atoms. The van der Waals surface area contributed by atoms with E-state index in [1.54, 1.807) is 12.1 Å². The van der Waals surface area contributed by atoms with Crippen LogP contribution in [0.5, 0.6) is 5.75 Å². The summed E-state index contributed by atoms with van der Waals surface area (Å²) < 4.78 is 5.96. The largest absolute Gasteiger partial charge is 0.508 e. The van der Waals surface area contributed by atoms with Gasteiger partial charge in [-0.3, -0.25) is 4.79 Å². The molecular weight excluding hydrogens is 308 g/mol. The van der Waals surface area contributed by atoms with E-state index in [1.165, 1.54) is 6.07 Å². The number of hydrogen-bond acceptors (Lipinski definition) is 5. The van der Waals surface area contributed by atoms with Gasteiger partial charge in [-0.15, -0.1) is 0 Å². The predicted molar refractivity (Wildman–Crippen MR) is 90.1 cm³/mol. The molecule has 4 N–H and O–H groups in total. The number of phenols is 1. The van der Waals surface area contributed by atoms with Crippen molar-refractivity contribution in [1.29, 1.82) is 0 Å². The third-order valence-corrected chi connectivity index (χ3v) is 5.43. The lowest BCUT2D eigenvalue weighted by molar-refractivity contribution is -0.197. The second-order valence-electron chi connectivity index (χ2n) is 7.19. The van der Waals surface area contributed by atoms with Crippen LogP contribution in [0.25, 0.3) is 0 Å². The number of carbonyl (C=O) groups is 1. The van der Waals surface area contributed by atoms with Gasteiger partial charge >= 0.3 is 0 Å². The van der Waals surface area contributed by atoms with E-state index in [0.29, 0.717) is 18.6 Å². The number of phenolic OH excluding ortho intramolecular Hbond substituents is 1. The summed E-state index contributed by atoms with van der Waals surface area (Å²) in [4.78, 5) is 12.7. The van der Waals surface area contributed by atoms with E-state index in [0.717, 1.165) is 31.5 Å². The second-order valence-corrected chi connectivity index (χ2v) is 7.19. The van der Waals surface area contributed by atoms with E-state index in [-0.39, 0.29) is 11.7 Å². The number of rotatable bonds is 2. The molecule has 1 amide bonds. The van der Waals surface area contributed by atoms with Gasteiger partial charge in [0.05, 0.1) is 11.1 Å². The fourth-order valence-electron chi connectivity index (χ4n) is 3.84. The molecule has 2 heterocycles. The molecule has 0 radical (unpaired) electrons. The maximum absolute atomic E-state index is 12.7. The summed E-state index contributed by atoms with van der Waals surface area (Å²) in [5.41, 5.74) is -0.148.